The molecule has 4 rings (SSSR count). The third kappa shape index (κ3) is 4.70. The van der Waals surface area contributed by atoms with E-state index in [9.17, 15) is 23.3 Å². The van der Waals surface area contributed by atoms with Gasteiger partial charge in [-0.05, 0) is 43.0 Å². The minimum atomic E-state index is -4.51. The molecule has 162 valence electrons. The van der Waals surface area contributed by atoms with E-state index >= 15 is 0 Å². The molecule has 6 nitrogen and oxygen atoms in total. The molecule has 1 aliphatic rings. The highest BCUT2D eigenvalue weighted by molar-refractivity contribution is 5.94. The van der Waals surface area contributed by atoms with Gasteiger partial charge in [-0.2, -0.15) is 13.2 Å². The lowest BCUT2D eigenvalue weighted by molar-refractivity contribution is -0.384. The number of fused-ring (bicyclic) bond motifs is 1. The number of hydrogen-bond donors (Lipinski definition) is 1. The maximum absolute atomic E-state index is 13.4. The van der Waals surface area contributed by atoms with Gasteiger partial charge in [0, 0.05) is 42.8 Å². The molecule has 1 N–H and O–H groups in total. The zero-order valence-corrected chi connectivity index (χ0v) is 16.7. The maximum atomic E-state index is 13.4. The largest absolute Gasteiger partial charge is 0.416 e. The van der Waals surface area contributed by atoms with Crippen molar-refractivity contribution >= 4 is 28.0 Å². The maximum Gasteiger partial charge on any atom is 0.416 e. The number of alkyl halides is 3. The van der Waals surface area contributed by atoms with Crippen LogP contribution in [0.4, 0.5) is 30.2 Å². The average Bonchev–Trinajstić information content (AvgIpc) is 2.77. The Morgan fingerprint density at radius 3 is 2.58 bits per heavy atom. The van der Waals surface area contributed by atoms with Crippen LogP contribution in [0, 0.1) is 10.1 Å². The molecule has 1 fully saturated rings. The zero-order chi connectivity index (χ0) is 22.0. The van der Waals surface area contributed by atoms with Gasteiger partial charge in [0.15, 0.2) is 0 Å². The Kier molecular flexibility index (Phi) is 5.67. The fraction of sp³-hybridized carbons (Fsp3) is 0.318. The number of rotatable bonds is 5. The molecule has 0 spiro atoms. The Balaban J connectivity index is 1.71. The van der Waals surface area contributed by atoms with Gasteiger partial charge in [-0.25, -0.2) is 0 Å². The van der Waals surface area contributed by atoms with Crippen LogP contribution in [0.1, 0.15) is 30.4 Å². The highest BCUT2D eigenvalue weighted by Crippen LogP contribution is 2.36. The van der Waals surface area contributed by atoms with Gasteiger partial charge in [0.2, 0.25) is 0 Å². The fourth-order valence-electron chi connectivity index (χ4n) is 3.83. The summed E-state index contributed by atoms with van der Waals surface area (Å²) >= 11 is 0. The van der Waals surface area contributed by atoms with Crippen LogP contribution in [-0.4, -0.2) is 23.0 Å². The topological polar surface area (TPSA) is 71.3 Å². The first kappa shape index (κ1) is 20.9. The van der Waals surface area contributed by atoms with Crippen LogP contribution < -0.4 is 10.2 Å². The summed E-state index contributed by atoms with van der Waals surface area (Å²) in [6.45, 7) is 1.93. The predicted octanol–water partition coefficient (Wildman–Crippen LogP) is 5.76. The van der Waals surface area contributed by atoms with E-state index in [0.717, 1.165) is 43.8 Å². The molecule has 1 saturated heterocycles. The van der Waals surface area contributed by atoms with E-state index in [1.807, 2.05) is 6.07 Å². The van der Waals surface area contributed by atoms with Crippen molar-refractivity contribution in [2.75, 3.05) is 23.3 Å². The number of hydrogen-bond acceptors (Lipinski definition) is 5. The Morgan fingerprint density at radius 2 is 1.87 bits per heavy atom. The number of nitro groups is 1. The monoisotopic (exact) mass is 430 g/mol. The van der Waals surface area contributed by atoms with E-state index in [-0.39, 0.29) is 17.7 Å². The summed E-state index contributed by atoms with van der Waals surface area (Å²) in [7, 11) is 0. The molecule has 0 aliphatic carbocycles. The molecular weight excluding hydrogens is 409 g/mol. The van der Waals surface area contributed by atoms with E-state index in [0.29, 0.717) is 16.6 Å². The molecule has 9 heteroatoms. The van der Waals surface area contributed by atoms with E-state index in [1.54, 1.807) is 18.3 Å². The number of pyridine rings is 1. The van der Waals surface area contributed by atoms with Gasteiger partial charge in [0.05, 0.1) is 27.9 Å². The van der Waals surface area contributed by atoms with Crippen molar-refractivity contribution in [1.82, 2.24) is 4.98 Å². The third-order valence-electron chi connectivity index (χ3n) is 5.44. The summed E-state index contributed by atoms with van der Waals surface area (Å²) in [6, 6.07) is 10.00. The lowest BCUT2D eigenvalue weighted by Crippen LogP contribution is -2.29. The summed E-state index contributed by atoms with van der Waals surface area (Å²) < 4.78 is 40.3. The standard InChI is InChI=1S/C22H21F3N4O2/c23-22(24,25)16-10-20(26-13-15-5-4-6-17(9-15)29(30)31)19-12-18(14-27-21(19)11-16)28-7-2-1-3-8-28/h4-6,9-12,14,26H,1-3,7-8,13H2. The Labute approximate surface area is 176 Å². The summed E-state index contributed by atoms with van der Waals surface area (Å²) in [5.74, 6) is 0. The fourth-order valence-corrected chi connectivity index (χ4v) is 3.83. The van der Waals surface area contributed by atoms with E-state index < -0.39 is 16.7 Å². The zero-order valence-electron chi connectivity index (χ0n) is 16.7. The summed E-state index contributed by atoms with van der Waals surface area (Å²) in [4.78, 5) is 17.0. The van der Waals surface area contributed by atoms with Crippen molar-refractivity contribution in [2.24, 2.45) is 0 Å². The molecule has 0 saturated carbocycles. The summed E-state index contributed by atoms with van der Waals surface area (Å²) in [5.41, 5.74) is 1.16. The summed E-state index contributed by atoms with van der Waals surface area (Å²) in [5, 5.41) is 14.6. The first-order valence-electron chi connectivity index (χ1n) is 10.0. The minimum Gasteiger partial charge on any atom is -0.380 e. The van der Waals surface area contributed by atoms with Crippen LogP contribution in [0.15, 0.2) is 48.7 Å². The van der Waals surface area contributed by atoms with Crippen LogP contribution in [-0.2, 0) is 12.7 Å². The van der Waals surface area contributed by atoms with Gasteiger partial charge < -0.3 is 10.2 Å². The van der Waals surface area contributed by atoms with Crippen molar-refractivity contribution in [2.45, 2.75) is 32.0 Å². The highest BCUT2D eigenvalue weighted by atomic mass is 19.4. The average molecular weight is 430 g/mol. The number of halogens is 3. The Hall–Kier alpha value is -3.36. The number of aromatic nitrogens is 1. The first-order chi connectivity index (χ1) is 14.8. The molecule has 3 aromatic rings. The minimum absolute atomic E-state index is 0.0674. The van der Waals surface area contributed by atoms with E-state index in [4.69, 9.17) is 0 Å². The van der Waals surface area contributed by atoms with Crippen LogP contribution >= 0.6 is 0 Å². The molecule has 1 aromatic heterocycles. The van der Waals surface area contributed by atoms with Crippen molar-refractivity contribution in [3.8, 4) is 0 Å². The summed E-state index contributed by atoms with van der Waals surface area (Å²) in [6.07, 6.45) is 0.426. The lowest BCUT2D eigenvalue weighted by atomic mass is 10.1. The number of non-ortho nitro benzene ring substituents is 1. The Morgan fingerprint density at radius 1 is 1.10 bits per heavy atom. The second kappa shape index (κ2) is 8.41. The molecular formula is C22H21F3N4O2. The molecule has 2 heterocycles. The molecule has 31 heavy (non-hydrogen) atoms. The second-order valence-corrected chi connectivity index (χ2v) is 7.61. The van der Waals surface area contributed by atoms with Crippen molar-refractivity contribution < 1.29 is 18.1 Å². The van der Waals surface area contributed by atoms with Crippen LogP contribution in [0.3, 0.4) is 0 Å². The lowest BCUT2D eigenvalue weighted by Gasteiger charge is -2.28. The highest BCUT2D eigenvalue weighted by Gasteiger charge is 2.31. The molecule has 0 unspecified atom stereocenters. The van der Waals surface area contributed by atoms with Crippen LogP contribution in [0.25, 0.3) is 10.9 Å². The number of nitrogens with zero attached hydrogens (tertiary/aromatic N) is 3. The molecule has 0 radical (unpaired) electrons. The normalized spacial score (nSPS) is 14.6. The van der Waals surface area contributed by atoms with Crippen molar-refractivity contribution in [1.29, 1.82) is 0 Å². The van der Waals surface area contributed by atoms with E-state index in [2.05, 4.69) is 15.2 Å². The molecule has 0 amide bonds. The first-order valence-corrected chi connectivity index (χ1v) is 10.0. The molecule has 1 aliphatic heterocycles. The van der Waals surface area contributed by atoms with Crippen LogP contribution in [0.5, 0.6) is 0 Å². The second-order valence-electron chi connectivity index (χ2n) is 7.61. The van der Waals surface area contributed by atoms with Gasteiger partial charge in [-0.1, -0.05) is 12.1 Å². The number of anilines is 2. The van der Waals surface area contributed by atoms with E-state index in [1.165, 1.54) is 18.6 Å². The van der Waals surface area contributed by atoms with Gasteiger partial charge in [-0.15, -0.1) is 0 Å². The van der Waals surface area contributed by atoms with Crippen molar-refractivity contribution in [3.05, 3.63) is 69.9 Å². The predicted molar refractivity (Wildman–Crippen MR) is 113 cm³/mol. The quantitative estimate of drug-likeness (QED) is 0.411. The molecule has 0 atom stereocenters. The van der Waals surface area contributed by atoms with Gasteiger partial charge in [0.25, 0.3) is 5.69 Å². The smallest absolute Gasteiger partial charge is 0.380 e. The Bertz CT molecular complexity index is 1110. The number of benzene rings is 2. The molecule has 0 bridgehead atoms. The van der Waals surface area contributed by atoms with Gasteiger partial charge in [0.1, 0.15) is 0 Å². The van der Waals surface area contributed by atoms with Gasteiger partial charge in [-0.3, -0.25) is 15.1 Å². The van der Waals surface area contributed by atoms with Crippen LogP contribution in [0.2, 0.25) is 0 Å². The van der Waals surface area contributed by atoms with Crippen molar-refractivity contribution in [3.63, 3.8) is 0 Å². The number of nitrogens with one attached hydrogen (secondary N) is 1. The number of piperidine rings is 1. The third-order valence-corrected chi connectivity index (χ3v) is 5.44. The molecule has 2 aromatic carbocycles. The number of nitro benzene ring substituents is 1. The SMILES string of the molecule is O=[N+]([O-])c1cccc(CNc2cc(C(F)(F)F)cc3ncc(N4CCCCC4)cc23)c1. The van der Waals surface area contributed by atoms with Gasteiger partial charge >= 0.3 is 6.18 Å².